The zero-order valence-corrected chi connectivity index (χ0v) is 8.99. The van der Waals surface area contributed by atoms with Crippen LogP contribution in [0.1, 0.15) is 17.3 Å². The Hall–Kier alpha value is -1.68. The van der Waals surface area contributed by atoms with E-state index in [1.54, 1.807) is 24.3 Å². The van der Waals surface area contributed by atoms with E-state index in [1.807, 2.05) is 0 Å². The third-order valence-electron chi connectivity index (χ3n) is 1.89. The maximum absolute atomic E-state index is 12.6. The van der Waals surface area contributed by atoms with Gasteiger partial charge in [0.05, 0.1) is 5.88 Å². The molecule has 0 amide bonds. The van der Waals surface area contributed by atoms with E-state index in [9.17, 15) is 4.39 Å². The van der Waals surface area contributed by atoms with Crippen LogP contribution in [0.2, 0.25) is 0 Å². The Balaban J connectivity index is 2.11. The molecule has 0 unspecified atom stereocenters. The summed E-state index contributed by atoms with van der Waals surface area (Å²) in [5.74, 6) is 0.771. The van der Waals surface area contributed by atoms with Gasteiger partial charge in [0.2, 0.25) is 0 Å². The monoisotopic (exact) mass is 238 g/mol. The van der Waals surface area contributed by atoms with E-state index in [1.165, 1.54) is 12.1 Å². The topological polar surface area (TPSA) is 38.9 Å². The molecule has 16 heavy (non-hydrogen) atoms. The van der Waals surface area contributed by atoms with Crippen molar-refractivity contribution in [2.24, 2.45) is 0 Å². The number of hydrogen-bond donors (Lipinski definition) is 0. The molecular formula is C11H8ClFN2O. The molecule has 0 bridgehead atoms. The van der Waals surface area contributed by atoms with E-state index in [2.05, 4.69) is 10.1 Å². The summed E-state index contributed by atoms with van der Waals surface area (Å²) >= 11 is 5.52. The highest BCUT2D eigenvalue weighted by Gasteiger charge is 2.00. The number of benzene rings is 1. The van der Waals surface area contributed by atoms with Gasteiger partial charge < -0.3 is 4.52 Å². The fourth-order valence-corrected chi connectivity index (χ4v) is 1.24. The van der Waals surface area contributed by atoms with E-state index in [-0.39, 0.29) is 11.7 Å². The lowest BCUT2D eigenvalue weighted by Gasteiger charge is -1.90. The van der Waals surface area contributed by atoms with Crippen molar-refractivity contribution in [3.05, 3.63) is 47.4 Å². The van der Waals surface area contributed by atoms with Crippen LogP contribution in [0.4, 0.5) is 4.39 Å². The molecule has 0 saturated carbocycles. The standard InChI is InChI=1S/C11H8ClFN2O/c12-7-10-14-11(16-15-10)6-3-8-1-4-9(13)5-2-8/h1-6H,7H2/b6-3+. The molecule has 0 spiro atoms. The molecule has 0 radical (unpaired) electrons. The third kappa shape index (κ3) is 2.67. The molecule has 82 valence electrons. The zero-order valence-electron chi connectivity index (χ0n) is 8.23. The summed E-state index contributed by atoms with van der Waals surface area (Å²) < 4.78 is 17.5. The van der Waals surface area contributed by atoms with E-state index < -0.39 is 0 Å². The summed E-state index contributed by atoms with van der Waals surface area (Å²) in [7, 11) is 0. The summed E-state index contributed by atoms with van der Waals surface area (Å²) in [5.41, 5.74) is 0.854. The summed E-state index contributed by atoms with van der Waals surface area (Å²) in [6.45, 7) is 0. The number of halogens is 2. The van der Waals surface area contributed by atoms with Crippen LogP contribution in [0.15, 0.2) is 28.8 Å². The minimum Gasteiger partial charge on any atom is -0.335 e. The molecular weight excluding hydrogens is 231 g/mol. The van der Waals surface area contributed by atoms with Crippen LogP contribution in [0.25, 0.3) is 12.2 Å². The largest absolute Gasteiger partial charge is 0.335 e. The highest BCUT2D eigenvalue weighted by atomic mass is 35.5. The van der Waals surface area contributed by atoms with Crippen LogP contribution in [0, 0.1) is 5.82 Å². The van der Waals surface area contributed by atoms with Gasteiger partial charge in [0.15, 0.2) is 5.82 Å². The molecule has 0 atom stereocenters. The van der Waals surface area contributed by atoms with Crippen molar-refractivity contribution >= 4 is 23.8 Å². The number of aromatic nitrogens is 2. The quantitative estimate of drug-likeness (QED) is 0.772. The molecule has 1 aromatic heterocycles. The predicted octanol–water partition coefficient (Wildman–Crippen LogP) is 3.12. The number of alkyl halides is 1. The minimum atomic E-state index is -0.264. The van der Waals surface area contributed by atoms with Crippen molar-refractivity contribution in [2.75, 3.05) is 0 Å². The molecule has 0 aliphatic carbocycles. The second-order valence-electron chi connectivity index (χ2n) is 3.07. The molecule has 2 aromatic rings. The van der Waals surface area contributed by atoms with Crippen molar-refractivity contribution in [1.29, 1.82) is 0 Å². The first-order chi connectivity index (χ1) is 7.78. The van der Waals surface area contributed by atoms with Gasteiger partial charge in [0, 0.05) is 6.08 Å². The summed E-state index contributed by atoms with van der Waals surface area (Å²) in [6.07, 6.45) is 3.40. The predicted molar refractivity (Wildman–Crippen MR) is 59.2 cm³/mol. The van der Waals surface area contributed by atoms with Crippen LogP contribution in [-0.4, -0.2) is 10.1 Å². The van der Waals surface area contributed by atoms with Crippen LogP contribution < -0.4 is 0 Å². The van der Waals surface area contributed by atoms with Crippen molar-refractivity contribution in [1.82, 2.24) is 10.1 Å². The Labute approximate surface area is 96.5 Å². The average molecular weight is 239 g/mol. The van der Waals surface area contributed by atoms with Crippen molar-refractivity contribution in [3.8, 4) is 0 Å². The summed E-state index contributed by atoms with van der Waals surface area (Å²) in [6, 6.07) is 6.09. The Morgan fingerprint density at radius 2 is 2.00 bits per heavy atom. The molecule has 2 rings (SSSR count). The van der Waals surface area contributed by atoms with Gasteiger partial charge in [-0.15, -0.1) is 11.6 Å². The minimum absolute atomic E-state index is 0.216. The molecule has 1 aromatic carbocycles. The molecule has 0 aliphatic rings. The van der Waals surface area contributed by atoms with Crippen LogP contribution in [0.5, 0.6) is 0 Å². The van der Waals surface area contributed by atoms with Gasteiger partial charge in [-0.2, -0.15) is 4.98 Å². The normalized spacial score (nSPS) is 11.1. The molecule has 3 nitrogen and oxygen atoms in total. The first-order valence-electron chi connectivity index (χ1n) is 4.60. The molecule has 0 saturated heterocycles. The highest BCUT2D eigenvalue weighted by Crippen LogP contribution is 2.08. The van der Waals surface area contributed by atoms with E-state index >= 15 is 0 Å². The number of hydrogen-bond acceptors (Lipinski definition) is 3. The molecule has 0 fully saturated rings. The second-order valence-corrected chi connectivity index (χ2v) is 3.33. The Bertz CT molecular complexity index is 493. The first kappa shape index (κ1) is 10.8. The second kappa shape index (κ2) is 4.90. The fraction of sp³-hybridized carbons (Fsp3) is 0.0909. The van der Waals surface area contributed by atoms with Gasteiger partial charge >= 0.3 is 0 Å². The summed E-state index contributed by atoms with van der Waals surface area (Å²) in [5, 5.41) is 3.63. The van der Waals surface area contributed by atoms with Crippen LogP contribution in [-0.2, 0) is 5.88 Å². The molecule has 0 N–H and O–H groups in total. The van der Waals surface area contributed by atoms with Gasteiger partial charge in [-0.05, 0) is 23.8 Å². The third-order valence-corrected chi connectivity index (χ3v) is 2.13. The van der Waals surface area contributed by atoms with Gasteiger partial charge in [0.25, 0.3) is 5.89 Å². The molecule has 0 aliphatic heterocycles. The Kier molecular flexibility index (Phi) is 3.31. The van der Waals surface area contributed by atoms with E-state index in [4.69, 9.17) is 16.1 Å². The van der Waals surface area contributed by atoms with Gasteiger partial charge in [-0.1, -0.05) is 17.3 Å². The molecule has 1 heterocycles. The zero-order chi connectivity index (χ0) is 11.4. The lowest BCUT2D eigenvalue weighted by Crippen LogP contribution is -1.79. The summed E-state index contributed by atoms with van der Waals surface area (Å²) in [4.78, 5) is 3.99. The number of rotatable bonds is 3. The Morgan fingerprint density at radius 1 is 1.25 bits per heavy atom. The highest BCUT2D eigenvalue weighted by molar-refractivity contribution is 6.16. The van der Waals surface area contributed by atoms with Crippen molar-refractivity contribution in [3.63, 3.8) is 0 Å². The van der Waals surface area contributed by atoms with E-state index in [0.29, 0.717) is 11.7 Å². The maximum Gasteiger partial charge on any atom is 0.250 e. The van der Waals surface area contributed by atoms with Crippen molar-refractivity contribution in [2.45, 2.75) is 5.88 Å². The maximum atomic E-state index is 12.6. The lowest BCUT2D eigenvalue weighted by atomic mass is 10.2. The lowest BCUT2D eigenvalue weighted by molar-refractivity contribution is 0.405. The average Bonchev–Trinajstić information content (AvgIpc) is 2.76. The van der Waals surface area contributed by atoms with Gasteiger partial charge in [-0.25, -0.2) is 4.39 Å². The fourth-order valence-electron chi connectivity index (χ4n) is 1.13. The first-order valence-corrected chi connectivity index (χ1v) is 5.13. The molecule has 5 heteroatoms. The van der Waals surface area contributed by atoms with Gasteiger partial charge in [0.1, 0.15) is 5.82 Å². The number of nitrogens with zero attached hydrogens (tertiary/aromatic N) is 2. The van der Waals surface area contributed by atoms with E-state index in [0.717, 1.165) is 5.56 Å². The van der Waals surface area contributed by atoms with Crippen LogP contribution >= 0.6 is 11.6 Å². The Morgan fingerprint density at radius 3 is 2.62 bits per heavy atom. The van der Waals surface area contributed by atoms with Crippen molar-refractivity contribution < 1.29 is 8.91 Å². The van der Waals surface area contributed by atoms with Crippen LogP contribution in [0.3, 0.4) is 0 Å². The smallest absolute Gasteiger partial charge is 0.250 e. The SMILES string of the molecule is Fc1ccc(/C=C/c2nc(CCl)no2)cc1. The van der Waals surface area contributed by atoms with Gasteiger partial charge in [-0.3, -0.25) is 0 Å².